The first-order chi connectivity index (χ1) is 10.2. The zero-order valence-corrected chi connectivity index (χ0v) is 13.3. The molecule has 0 saturated heterocycles. The van der Waals surface area contributed by atoms with Crippen LogP contribution in [-0.2, 0) is 11.3 Å². The zero-order chi connectivity index (χ0) is 15.1. The van der Waals surface area contributed by atoms with Gasteiger partial charge in [0.15, 0.2) is 0 Å². The van der Waals surface area contributed by atoms with E-state index in [0.717, 1.165) is 16.9 Å². The summed E-state index contributed by atoms with van der Waals surface area (Å²) in [5.41, 5.74) is 1.05. The summed E-state index contributed by atoms with van der Waals surface area (Å²) in [6, 6.07) is 11.3. The van der Waals surface area contributed by atoms with Gasteiger partial charge in [-0.05, 0) is 48.4 Å². The van der Waals surface area contributed by atoms with Crippen LogP contribution in [0, 0.1) is 0 Å². The lowest BCUT2D eigenvalue weighted by Gasteiger charge is -2.14. The van der Waals surface area contributed by atoms with Crippen molar-refractivity contribution in [2.45, 2.75) is 30.0 Å². The van der Waals surface area contributed by atoms with Crippen LogP contribution < -0.4 is 5.32 Å². The number of halogens is 1. The lowest BCUT2D eigenvalue weighted by molar-refractivity contribution is -0.120. The molecule has 21 heavy (non-hydrogen) atoms. The summed E-state index contributed by atoms with van der Waals surface area (Å²) < 4.78 is 0. The van der Waals surface area contributed by atoms with Gasteiger partial charge in [0.05, 0.1) is 5.25 Å². The minimum atomic E-state index is -0.104. The summed E-state index contributed by atoms with van der Waals surface area (Å²) in [7, 11) is 0. The Morgan fingerprint density at radius 1 is 1.24 bits per heavy atom. The van der Waals surface area contributed by atoms with E-state index in [9.17, 15) is 4.79 Å². The molecular weight excluding hydrogens is 304 g/mol. The lowest BCUT2D eigenvalue weighted by atomic mass is 10.2. The van der Waals surface area contributed by atoms with Crippen LogP contribution in [0.15, 0.2) is 53.7 Å². The Labute approximate surface area is 134 Å². The van der Waals surface area contributed by atoms with E-state index in [1.54, 1.807) is 24.2 Å². The quantitative estimate of drug-likeness (QED) is 0.820. The number of hydrogen-bond donors (Lipinski definition) is 1. The highest BCUT2D eigenvalue weighted by Gasteiger charge is 2.17. The monoisotopic (exact) mass is 320 g/mol. The third kappa shape index (κ3) is 5.06. The summed E-state index contributed by atoms with van der Waals surface area (Å²) in [4.78, 5) is 17.3. The molecule has 3 nitrogen and oxygen atoms in total. The molecule has 0 bridgehead atoms. The number of carbonyl (C=O) groups is 1. The number of hydrogen-bond acceptors (Lipinski definition) is 3. The highest BCUT2D eigenvalue weighted by Crippen LogP contribution is 2.26. The number of aromatic nitrogens is 1. The van der Waals surface area contributed by atoms with Gasteiger partial charge in [-0.3, -0.25) is 9.78 Å². The molecule has 1 aromatic carbocycles. The van der Waals surface area contributed by atoms with Gasteiger partial charge in [0.1, 0.15) is 0 Å². The van der Waals surface area contributed by atoms with E-state index < -0.39 is 0 Å². The van der Waals surface area contributed by atoms with Gasteiger partial charge in [-0.2, -0.15) is 0 Å². The Kier molecular flexibility index (Phi) is 6.08. The Hall–Kier alpha value is -1.52. The van der Waals surface area contributed by atoms with Crippen LogP contribution in [0.2, 0.25) is 5.02 Å². The summed E-state index contributed by atoms with van der Waals surface area (Å²) in [5, 5.41) is 3.57. The van der Waals surface area contributed by atoms with E-state index in [1.165, 1.54) is 0 Å². The Bertz CT molecular complexity index is 575. The molecule has 0 aliphatic rings. The van der Waals surface area contributed by atoms with E-state index in [-0.39, 0.29) is 11.2 Å². The van der Waals surface area contributed by atoms with Gasteiger partial charge in [-0.15, -0.1) is 11.8 Å². The van der Waals surface area contributed by atoms with E-state index in [2.05, 4.69) is 10.3 Å². The first-order valence-corrected chi connectivity index (χ1v) is 8.03. The Morgan fingerprint density at radius 2 is 1.90 bits per heavy atom. The summed E-state index contributed by atoms with van der Waals surface area (Å²) in [6.07, 6.45) is 4.22. The van der Waals surface area contributed by atoms with Gasteiger partial charge in [0.2, 0.25) is 5.91 Å². The predicted octanol–water partition coefficient (Wildman–Crippen LogP) is 3.92. The molecular formula is C16H17ClN2OS. The van der Waals surface area contributed by atoms with Crippen LogP contribution in [-0.4, -0.2) is 16.1 Å². The van der Waals surface area contributed by atoms with Crippen LogP contribution >= 0.6 is 23.4 Å². The van der Waals surface area contributed by atoms with Gasteiger partial charge < -0.3 is 5.32 Å². The van der Waals surface area contributed by atoms with Crippen molar-refractivity contribution in [3.63, 3.8) is 0 Å². The Morgan fingerprint density at radius 3 is 2.52 bits per heavy atom. The molecule has 2 rings (SSSR count). The fourth-order valence-corrected chi connectivity index (χ4v) is 2.91. The highest BCUT2D eigenvalue weighted by molar-refractivity contribution is 8.00. The third-order valence-electron chi connectivity index (χ3n) is 2.97. The van der Waals surface area contributed by atoms with Crippen molar-refractivity contribution < 1.29 is 4.79 Å². The van der Waals surface area contributed by atoms with Crippen molar-refractivity contribution >= 4 is 29.3 Å². The molecule has 110 valence electrons. The fraction of sp³-hybridized carbons (Fsp3) is 0.250. The predicted molar refractivity (Wildman–Crippen MR) is 87.5 cm³/mol. The second-order valence-corrected chi connectivity index (χ2v) is 6.25. The molecule has 1 aromatic heterocycles. The first kappa shape index (κ1) is 15.9. The Balaban J connectivity index is 1.90. The molecule has 5 heteroatoms. The molecule has 0 spiro atoms. The lowest BCUT2D eigenvalue weighted by Crippen LogP contribution is -2.31. The largest absolute Gasteiger partial charge is 0.351 e. The second-order valence-electron chi connectivity index (χ2n) is 4.54. The first-order valence-electron chi connectivity index (χ1n) is 6.78. The van der Waals surface area contributed by atoms with Gasteiger partial charge >= 0.3 is 0 Å². The number of pyridine rings is 1. The van der Waals surface area contributed by atoms with Crippen LogP contribution in [0.3, 0.4) is 0 Å². The number of rotatable bonds is 6. The maximum atomic E-state index is 12.2. The van der Waals surface area contributed by atoms with Crippen LogP contribution in [0.4, 0.5) is 0 Å². The van der Waals surface area contributed by atoms with Gasteiger partial charge in [0, 0.05) is 28.9 Å². The molecule has 1 atom stereocenters. The molecule has 0 radical (unpaired) electrons. The number of carbonyl (C=O) groups excluding carboxylic acids is 1. The molecule has 0 aliphatic heterocycles. The van der Waals surface area contributed by atoms with Crippen LogP contribution in [0.5, 0.6) is 0 Å². The average molecular weight is 321 g/mol. The van der Waals surface area contributed by atoms with E-state index in [0.29, 0.717) is 11.6 Å². The van der Waals surface area contributed by atoms with Gasteiger partial charge in [-0.1, -0.05) is 18.5 Å². The smallest absolute Gasteiger partial charge is 0.233 e. The van der Waals surface area contributed by atoms with Crippen molar-refractivity contribution in [1.82, 2.24) is 10.3 Å². The average Bonchev–Trinajstić information content (AvgIpc) is 2.53. The molecule has 0 aliphatic carbocycles. The molecule has 0 fully saturated rings. The molecule has 2 aromatic rings. The highest BCUT2D eigenvalue weighted by atomic mass is 35.5. The molecule has 0 unspecified atom stereocenters. The summed E-state index contributed by atoms with van der Waals surface area (Å²) >= 11 is 7.43. The second kappa shape index (κ2) is 8.05. The normalized spacial score (nSPS) is 11.9. The van der Waals surface area contributed by atoms with Crippen LogP contribution in [0.25, 0.3) is 0 Å². The van der Waals surface area contributed by atoms with Crippen molar-refractivity contribution in [2.75, 3.05) is 0 Å². The fourth-order valence-electron chi connectivity index (χ4n) is 1.80. The molecule has 1 N–H and O–H groups in total. The van der Waals surface area contributed by atoms with Crippen molar-refractivity contribution in [3.8, 4) is 0 Å². The summed E-state index contributed by atoms with van der Waals surface area (Å²) in [5.74, 6) is 0.0502. The number of thioether (sulfide) groups is 1. The maximum absolute atomic E-state index is 12.2. The van der Waals surface area contributed by atoms with E-state index in [4.69, 9.17) is 11.6 Å². The van der Waals surface area contributed by atoms with Crippen molar-refractivity contribution in [3.05, 3.63) is 59.4 Å². The molecule has 1 heterocycles. The minimum absolute atomic E-state index is 0.0502. The minimum Gasteiger partial charge on any atom is -0.351 e. The van der Waals surface area contributed by atoms with Crippen molar-refractivity contribution in [2.24, 2.45) is 0 Å². The number of amides is 1. The van der Waals surface area contributed by atoms with Gasteiger partial charge in [-0.25, -0.2) is 0 Å². The summed E-state index contributed by atoms with van der Waals surface area (Å²) in [6.45, 7) is 2.54. The SMILES string of the molecule is CC[C@H](Sc1ccc(Cl)cc1)C(=O)NCc1ccncc1. The molecule has 0 saturated carbocycles. The van der Waals surface area contributed by atoms with E-state index >= 15 is 0 Å². The third-order valence-corrected chi connectivity index (χ3v) is 4.60. The topological polar surface area (TPSA) is 42.0 Å². The molecule has 1 amide bonds. The number of nitrogens with zero attached hydrogens (tertiary/aromatic N) is 1. The van der Waals surface area contributed by atoms with E-state index in [1.807, 2.05) is 43.3 Å². The standard InChI is InChI=1S/C16H17ClN2OS/c1-2-15(21-14-5-3-13(17)4-6-14)16(20)19-11-12-7-9-18-10-8-12/h3-10,15H,2,11H2,1H3,(H,19,20)/t15-/m0/s1. The number of nitrogens with one attached hydrogen (secondary N) is 1. The zero-order valence-electron chi connectivity index (χ0n) is 11.8. The maximum Gasteiger partial charge on any atom is 0.233 e. The van der Waals surface area contributed by atoms with Crippen LogP contribution in [0.1, 0.15) is 18.9 Å². The van der Waals surface area contributed by atoms with Crippen molar-refractivity contribution in [1.29, 1.82) is 0 Å². The number of benzene rings is 1. The van der Waals surface area contributed by atoms with Gasteiger partial charge in [0.25, 0.3) is 0 Å².